The lowest BCUT2D eigenvalue weighted by molar-refractivity contribution is 0.0729. The van der Waals surface area contributed by atoms with Crippen molar-refractivity contribution in [3.8, 4) is 0 Å². The number of carbonyl (C=O) groups excluding carboxylic acids is 1. The van der Waals surface area contributed by atoms with Crippen LogP contribution >= 0.6 is 0 Å². The number of aromatic amines is 2. The number of H-pyrrole nitrogens is 2. The SMILES string of the molecule is CCc1[nH]ncc1C(=O)N1CCC[C@H]1c1nc2ccc(C)cc2[nH]1. The zero-order valence-corrected chi connectivity index (χ0v) is 14.0. The van der Waals surface area contributed by atoms with Gasteiger partial charge < -0.3 is 9.88 Å². The summed E-state index contributed by atoms with van der Waals surface area (Å²) in [7, 11) is 0. The molecule has 0 saturated carbocycles. The number of nitrogens with one attached hydrogen (secondary N) is 2. The molecule has 0 aliphatic carbocycles. The Kier molecular flexibility index (Phi) is 3.59. The molecular weight excluding hydrogens is 302 g/mol. The van der Waals surface area contributed by atoms with E-state index in [1.165, 1.54) is 5.56 Å². The summed E-state index contributed by atoms with van der Waals surface area (Å²) >= 11 is 0. The summed E-state index contributed by atoms with van der Waals surface area (Å²) in [5.74, 6) is 0.919. The van der Waals surface area contributed by atoms with Gasteiger partial charge in [-0.2, -0.15) is 5.10 Å². The fourth-order valence-corrected chi connectivity index (χ4v) is 3.52. The molecule has 0 unspecified atom stereocenters. The van der Waals surface area contributed by atoms with Crippen LogP contribution in [0.4, 0.5) is 0 Å². The first kappa shape index (κ1) is 14.9. The van der Waals surface area contributed by atoms with Crippen molar-refractivity contribution in [2.45, 2.75) is 39.2 Å². The first-order valence-corrected chi connectivity index (χ1v) is 8.47. The largest absolute Gasteiger partial charge is 0.340 e. The number of fused-ring (bicyclic) bond motifs is 1. The molecule has 1 aliphatic heterocycles. The predicted molar refractivity (Wildman–Crippen MR) is 91.8 cm³/mol. The quantitative estimate of drug-likeness (QED) is 0.777. The fraction of sp³-hybridized carbons (Fsp3) is 0.389. The van der Waals surface area contributed by atoms with Gasteiger partial charge in [0.2, 0.25) is 0 Å². The Morgan fingerprint density at radius 1 is 1.42 bits per heavy atom. The summed E-state index contributed by atoms with van der Waals surface area (Å²) in [6.07, 6.45) is 4.33. The number of amides is 1. The van der Waals surface area contributed by atoms with E-state index in [1.807, 2.05) is 17.9 Å². The molecule has 1 saturated heterocycles. The van der Waals surface area contributed by atoms with Crippen molar-refractivity contribution >= 4 is 16.9 Å². The number of aromatic nitrogens is 4. The van der Waals surface area contributed by atoms with Crippen LogP contribution in [-0.2, 0) is 6.42 Å². The molecule has 3 aromatic rings. The molecular formula is C18H21N5O. The summed E-state index contributed by atoms with van der Waals surface area (Å²) in [6, 6.07) is 6.18. The lowest BCUT2D eigenvalue weighted by Crippen LogP contribution is -2.31. The van der Waals surface area contributed by atoms with Gasteiger partial charge >= 0.3 is 0 Å². The highest BCUT2D eigenvalue weighted by atomic mass is 16.2. The minimum absolute atomic E-state index is 0.00446. The Bertz CT molecular complexity index is 894. The first-order chi connectivity index (χ1) is 11.7. The second-order valence-electron chi connectivity index (χ2n) is 6.42. The van der Waals surface area contributed by atoms with Crippen LogP contribution < -0.4 is 0 Å². The molecule has 3 heterocycles. The standard InChI is InChI=1S/C18H21N5O/c1-3-13-12(10-19-22-13)18(24)23-8-4-5-16(23)17-20-14-7-6-11(2)9-15(14)21-17/h6-7,9-10,16H,3-5,8H2,1-2H3,(H,19,22)(H,20,21)/t16-/m0/s1. The third-order valence-corrected chi connectivity index (χ3v) is 4.79. The van der Waals surface area contributed by atoms with Crippen LogP contribution in [-0.4, -0.2) is 37.5 Å². The Balaban J connectivity index is 1.67. The van der Waals surface area contributed by atoms with Gasteiger partial charge in [-0.1, -0.05) is 13.0 Å². The highest BCUT2D eigenvalue weighted by Gasteiger charge is 2.33. The molecule has 0 radical (unpaired) electrons. The van der Waals surface area contributed by atoms with Gasteiger partial charge in [-0.25, -0.2) is 4.98 Å². The van der Waals surface area contributed by atoms with Gasteiger partial charge in [0.25, 0.3) is 5.91 Å². The van der Waals surface area contributed by atoms with Gasteiger partial charge in [-0.05, 0) is 43.9 Å². The van der Waals surface area contributed by atoms with Crippen LogP contribution in [0.15, 0.2) is 24.4 Å². The maximum absolute atomic E-state index is 13.0. The van der Waals surface area contributed by atoms with Crippen molar-refractivity contribution in [3.63, 3.8) is 0 Å². The predicted octanol–water partition coefficient (Wildman–Crippen LogP) is 3.13. The molecule has 1 amide bonds. The van der Waals surface area contributed by atoms with E-state index >= 15 is 0 Å². The van der Waals surface area contributed by atoms with Crippen LogP contribution in [0, 0.1) is 6.92 Å². The van der Waals surface area contributed by atoms with E-state index in [1.54, 1.807) is 6.20 Å². The number of rotatable bonds is 3. The zero-order valence-electron chi connectivity index (χ0n) is 14.0. The Hall–Kier alpha value is -2.63. The molecule has 1 aromatic carbocycles. The van der Waals surface area contributed by atoms with Crippen LogP contribution in [0.1, 0.15) is 53.2 Å². The number of aryl methyl sites for hydroxylation is 2. The van der Waals surface area contributed by atoms with Crippen molar-refractivity contribution in [3.05, 3.63) is 47.0 Å². The van der Waals surface area contributed by atoms with E-state index in [0.717, 1.165) is 48.4 Å². The van der Waals surface area contributed by atoms with Gasteiger partial charge in [0.15, 0.2) is 0 Å². The highest BCUT2D eigenvalue weighted by Crippen LogP contribution is 2.33. The number of hydrogen-bond donors (Lipinski definition) is 2. The average Bonchev–Trinajstić information content (AvgIpc) is 3.30. The molecule has 0 spiro atoms. The van der Waals surface area contributed by atoms with E-state index < -0.39 is 0 Å². The van der Waals surface area contributed by atoms with E-state index in [2.05, 4.69) is 34.2 Å². The fourth-order valence-electron chi connectivity index (χ4n) is 3.52. The van der Waals surface area contributed by atoms with Crippen molar-refractivity contribution in [1.82, 2.24) is 25.1 Å². The second-order valence-corrected chi connectivity index (χ2v) is 6.42. The minimum Gasteiger partial charge on any atom is -0.340 e. The second kappa shape index (κ2) is 5.78. The smallest absolute Gasteiger partial charge is 0.257 e. The van der Waals surface area contributed by atoms with Gasteiger partial charge in [0.05, 0.1) is 28.8 Å². The number of likely N-dealkylation sites (tertiary alicyclic amines) is 1. The number of imidazole rings is 1. The van der Waals surface area contributed by atoms with Gasteiger partial charge in [0, 0.05) is 12.2 Å². The number of hydrogen-bond acceptors (Lipinski definition) is 3. The molecule has 2 aromatic heterocycles. The summed E-state index contributed by atoms with van der Waals surface area (Å²) in [6.45, 7) is 4.85. The Morgan fingerprint density at radius 2 is 2.29 bits per heavy atom. The van der Waals surface area contributed by atoms with E-state index in [9.17, 15) is 4.79 Å². The van der Waals surface area contributed by atoms with E-state index in [0.29, 0.717) is 5.56 Å². The normalized spacial score (nSPS) is 17.8. The molecule has 1 atom stereocenters. The van der Waals surface area contributed by atoms with Crippen molar-refractivity contribution in [2.24, 2.45) is 0 Å². The van der Waals surface area contributed by atoms with Crippen LogP contribution in [0.3, 0.4) is 0 Å². The van der Waals surface area contributed by atoms with Crippen LogP contribution in [0.5, 0.6) is 0 Å². The molecule has 6 nitrogen and oxygen atoms in total. The average molecular weight is 323 g/mol. The maximum Gasteiger partial charge on any atom is 0.257 e. The summed E-state index contributed by atoms with van der Waals surface area (Å²) < 4.78 is 0. The van der Waals surface area contributed by atoms with Crippen LogP contribution in [0.2, 0.25) is 0 Å². The van der Waals surface area contributed by atoms with Crippen molar-refractivity contribution < 1.29 is 4.79 Å². The number of nitrogens with zero attached hydrogens (tertiary/aromatic N) is 3. The topological polar surface area (TPSA) is 77.7 Å². The van der Waals surface area contributed by atoms with Crippen molar-refractivity contribution in [2.75, 3.05) is 6.54 Å². The number of carbonyl (C=O) groups is 1. The third-order valence-electron chi connectivity index (χ3n) is 4.79. The summed E-state index contributed by atoms with van der Waals surface area (Å²) in [5.41, 5.74) is 4.75. The maximum atomic E-state index is 13.0. The molecule has 2 N–H and O–H groups in total. The van der Waals surface area contributed by atoms with Gasteiger partial charge in [-0.3, -0.25) is 9.89 Å². The number of benzene rings is 1. The molecule has 124 valence electrons. The molecule has 24 heavy (non-hydrogen) atoms. The molecule has 1 fully saturated rings. The Morgan fingerprint density at radius 3 is 3.12 bits per heavy atom. The van der Waals surface area contributed by atoms with E-state index in [4.69, 9.17) is 4.98 Å². The minimum atomic E-state index is 0.00446. The summed E-state index contributed by atoms with van der Waals surface area (Å²) in [5, 5.41) is 6.95. The molecule has 4 rings (SSSR count). The lowest BCUT2D eigenvalue weighted by atomic mass is 10.1. The summed E-state index contributed by atoms with van der Waals surface area (Å²) in [4.78, 5) is 23.0. The Labute approximate surface area is 140 Å². The molecule has 1 aliphatic rings. The molecule has 0 bridgehead atoms. The van der Waals surface area contributed by atoms with Crippen LogP contribution in [0.25, 0.3) is 11.0 Å². The van der Waals surface area contributed by atoms with E-state index in [-0.39, 0.29) is 11.9 Å². The molecule has 6 heteroatoms. The first-order valence-electron chi connectivity index (χ1n) is 8.47. The van der Waals surface area contributed by atoms with Gasteiger partial charge in [0.1, 0.15) is 5.82 Å². The third kappa shape index (κ3) is 2.38. The van der Waals surface area contributed by atoms with Crippen molar-refractivity contribution in [1.29, 1.82) is 0 Å². The zero-order chi connectivity index (χ0) is 16.7. The van der Waals surface area contributed by atoms with Gasteiger partial charge in [-0.15, -0.1) is 0 Å². The lowest BCUT2D eigenvalue weighted by Gasteiger charge is -2.23. The highest BCUT2D eigenvalue weighted by molar-refractivity contribution is 5.95. The monoisotopic (exact) mass is 323 g/mol.